The number of esters is 1. The van der Waals surface area contributed by atoms with Crippen LogP contribution in [0.5, 0.6) is 17.2 Å². The quantitative estimate of drug-likeness (QED) is 0.729. The van der Waals surface area contributed by atoms with E-state index in [1.54, 1.807) is 18.2 Å². The summed E-state index contributed by atoms with van der Waals surface area (Å²) in [5.74, 6) is -1.50. The number of benzene rings is 2. The molecule has 1 N–H and O–H groups in total. The molecule has 0 bridgehead atoms. The van der Waals surface area contributed by atoms with Crippen LogP contribution in [0.3, 0.4) is 0 Å². The van der Waals surface area contributed by atoms with Crippen molar-refractivity contribution in [2.75, 3.05) is 18.5 Å². The lowest BCUT2D eigenvalue weighted by molar-refractivity contribution is -0.286. The Kier molecular flexibility index (Phi) is 5.55. The van der Waals surface area contributed by atoms with Crippen LogP contribution in [-0.4, -0.2) is 31.4 Å². The standard InChI is InChI=1S/C18H14ClF2NO6/c1-10-2-4-12(19)14(6-10)25-9-17(24)26-8-16(23)22-11-3-5-13-15(7-11)28-18(20,21)27-13/h2-7H,8-9H2,1H3,(H,22,23). The largest absolute Gasteiger partial charge is 0.586 e. The van der Waals surface area contributed by atoms with Gasteiger partial charge in [0, 0.05) is 11.8 Å². The molecule has 0 radical (unpaired) electrons. The number of hydrogen-bond acceptors (Lipinski definition) is 6. The number of aryl methyl sites for hydroxylation is 1. The third-order valence-electron chi connectivity index (χ3n) is 3.48. The summed E-state index contributed by atoms with van der Waals surface area (Å²) in [6.45, 7) is 0.813. The summed E-state index contributed by atoms with van der Waals surface area (Å²) < 4.78 is 44.5. The summed E-state index contributed by atoms with van der Waals surface area (Å²) in [5, 5.41) is 2.72. The lowest BCUT2D eigenvalue weighted by Crippen LogP contribution is -2.26. The zero-order chi connectivity index (χ0) is 20.3. The third kappa shape index (κ3) is 5.01. The van der Waals surface area contributed by atoms with Crippen molar-refractivity contribution < 1.29 is 37.3 Å². The Labute approximate surface area is 163 Å². The Hall–Kier alpha value is -3.07. The van der Waals surface area contributed by atoms with Crippen molar-refractivity contribution in [3.05, 3.63) is 47.0 Å². The van der Waals surface area contributed by atoms with Crippen molar-refractivity contribution in [3.63, 3.8) is 0 Å². The molecule has 2 aromatic rings. The molecular formula is C18H14ClF2NO6. The Bertz CT molecular complexity index is 921. The molecule has 0 unspecified atom stereocenters. The van der Waals surface area contributed by atoms with Crippen molar-refractivity contribution >= 4 is 29.2 Å². The molecule has 28 heavy (non-hydrogen) atoms. The Morgan fingerprint density at radius 2 is 1.86 bits per heavy atom. The minimum atomic E-state index is -3.75. The molecule has 0 atom stereocenters. The van der Waals surface area contributed by atoms with Gasteiger partial charge in [-0.05, 0) is 36.8 Å². The van der Waals surface area contributed by atoms with Gasteiger partial charge in [-0.25, -0.2) is 4.79 Å². The number of carbonyl (C=O) groups is 2. The molecule has 10 heteroatoms. The van der Waals surface area contributed by atoms with Gasteiger partial charge in [-0.3, -0.25) is 4.79 Å². The van der Waals surface area contributed by atoms with Crippen LogP contribution >= 0.6 is 11.6 Å². The monoisotopic (exact) mass is 413 g/mol. The van der Waals surface area contributed by atoms with Crippen LogP contribution in [-0.2, 0) is 14.3 Å². The predicted molar refractivity (Wildman–Crippen MR) is 93.9 cm³/mol. The van der Waals surface area contributed by atoms with Crippen molar-refractivity contribution in [3.8, 4) is 17.2 Å². The molecule has 7 nitrogen and oxygen atoms in total. The number of amides is 1. The van der Waals surface area contributed by atoms with E-state index in [1.165, 1.54) is 18.2 Å². The van der Waals surface area contributed by atoms with Crippen molar-refractivity contribution in [2.24, 2.45) is 0 Å². The SMILES string of the molecule is Cc1ccc(Cl)c(OCC(=O)OCC(=O)Nc2ccc3c(c2)OC(F)(F)O3)c1. The fourth-order valence-corrected chi connectivity index (χ4v) is 2.44. The Balaban J connectivity index is 1.46. The van der Waals surface area contributed by atoms with Crippen LogP contribution in [0.4, 0.5) is 14.5 Å². The van der Waals surface area contributed by atoms with E-state index in [-0.39, 0.29) is 17.2 Å². The highest BCUT2D eigenvalue weighted by molar-refractivity contribution is 6.32. The molecule has 3 rings (SSSR count). The normalized spacial score (nSPS) is 13.7. The Morgan fingerprint density at radius 1 is 1.11 bits per heavy atom. The zero-order valence-electron chi connectivity index (χ0n) is 14.5. The fraction of sp³-hybridized carbons (Fsp3) is 0.222. The van der Waals surface area contributed by atoms with Gasteiger partial charge in [0.1, 0.15) is 5.75 Å². The van der Waals surface area contributed by atoms with Gasteiger partial charge >= 0.3 is 12.3 Å². The summed E-state index contributed by atoms with van der Waals surface area (Å²) >= 11 is 5.95. The van der Waals surface area contributed by atoms with E-state index < -0.39 is 31.4 Å². The van der Waals surface area contributed by atoms with Crippen molar-refractivity contribution in [2.45, 2.75) is 13.2 Å². The summed E-state index contributed by atoms with van der Waals surface area (Å²) in [7, 11) is 0. The molecule has 0 saturated carbocycles. The number of alkyl halides is 2. The lowest BCUT2D eigenvalue weighted by atomic mass is 10.2. The van der Waals surface area contributed by atoms with E-state index in [2.05, 4.69) is 14.8 Å². The van der Waals surface area contributed by atoms with Gasteiger partial charge in [0.15, 0.2) is 24.7 Å². The van der Waals surface area contributed by atoms with E-state index in [0.717, 1.165) is 5.56 Å². The van der Waals surface area contributed by atoms with Crippen LogP contribution in [0.15, 0.2) is 36.4 Å². The van der Waals surface area contributed by atoms with E-state index in [9.17, 15) is 18.4 Å². The number of fused-ring (bicyclic) bond motifs is 1. The van der Waals surface area contributed by atoms with Crippen LogP contribution in [0, 0.1) is 6.92 Å². The summed E-state index contributed by atoms with van der Waals surface area (Å²) in [6, 6.07) is 8.80. The minimum Gasteiger partial charge on any atom is -0.480 e. The van der Waals surface area contributed by atoms with Crippen molar-refractivity contribution in [1.82, 2.24) is 0 Å². The molecule has 0 aliphatic carbocycles. The molecule has 1 amide bonds. The van der Waals surface area contributed by atoms with Gasteiger partial charge in [0.05, 0.1) is 5.02 Å². The second-order valence-electron chi connectivity index (χ2n) is 5.76. The molecule has 0 fully saturated rings. The third-order valence-corrected chi connectivity index (χ3v) is 3.79. The molecule has 0 saturated heterocycles. The number of nitrogens with one attached hydrogen (secondary N) is 1. The van der Waals surface area contributed by atoms with Crippen LogP contribution < -0.4 is 19.5 Å². The molecule has 2 aromatic carbocycles. The predicted octanol–water partition coefficient (Wildman–Crippen LogP) is 3.53. The van der Waals surface area contributed by atoms with E-state index in [4.69, 9.17) is 21.1 Å². The molecule has 1 heterocycles. The van der Waals surface area contributed by atoms with Gasteiger partial charge in [-0.15, -0.1) is 8.78 Å². The highest BCUT2D eigenvalue weighted by Crippen LogP contribution is 2.42. The summed E-state index contributed by atoms with van der Waals surface area (Å²) in [4.78, 5) is 23.6. The highest BCUT2D eigenvalue weighted by Gasteiger charge is 2.43. The summed E-state index contributed by atoms with van der Waals surface area (Å²) in [6.07, 6.45) is -3.75. The maximum atomic E-state index is 13.0. The number of anilines is 1. The van der Waals surface area contributed by atoms with Gasteiger partial charge < -0.3 is 24.3 Å². The zero-order valence-corrected chi connectivity index (χ0v) is 15.2. The first kappa shape index (κ1) is 19.7. The smallest absolute Gasteiger partial charge is 0.480 e. The molecule has 148 valence electrons. The second kappa shape index (κ2) is 7.89. The van der Waals surface area contributed by atoms with Gasteiger partial charge in [0.2, 0.25) is 0 Å². The number of rotatable bonds is 6. The van der Waals surface area contributed by atoms with Gasteiger partial charge in [-0.1, -0.05) is 17.7 Å². The van der Waals surface area contributed by atoms with E-state index in [0.29, 0.717) is 10.8 Å². The first-order chi connectivity index (χ1) is 13.2. The number of halogens is 3. The average Bonchev–Trinajstić information content (AvgIpc) is 2.93. The number of hydrogen-bond donors (Lipinski definition) is 1. The summed E-state index contributed by atoms with van der Waals surface area (Å²) in [5.41, 5.74) is 1.07. The number of carbonyl (C=O) groups excluding carboxylic acids is 2. The van der Waals surface area contributed by atoms with Crippen LogP contribution in [0.25, 0.3) is 0 Å². The second-order valence-corrected chi connectivity index (χ2v) is 6.17. The maximum Gasteiger partial charge on any atom is 0.586 e. The molecule has 0 spiro atoms. The van der Waals surface area contributed by atoms with Crippen molar-refractivity contribution in [1.29, 1.82) is 0 Å². The van der Waals surface area contributed by atoms with Gasteiger partial charge in [0.25, 0.3) is 5.91 Å². The first-order valence-electron chi connectivity index (χ1n) is 7.96. The van der Waals surface area contributed by atoms with Crippen LogP contribution in [0.2, 0.25) is 5.02 Å². The first-order valence-corrected chi connectivity index (χ1v) is 8.34. The highest BCUT2D eigenvalue weighted by atomic mass is 35.5. The Morgan fingerprint density at radius 3 is 2.64 bits per heavy atom. The van der Waals surface area contributed by atoms with Crippen LogP contribution in [0.1, 0.15) is 5.56 Å². The molecule has 0 aromatic heterocycles. The minimum absolute atomic E-state index is 0.151. The average molecular weight is 414 g/mol. The van der Waals surface area contributed by atoms with E-state index >= 15 is 0 Å². The maximum absolute atomic E-state index is 13.0. The number of ether oxygens (including phenoxy) is 4. The topological polar surface area (TPSA) is 83.1 Å². The van der Waals surface area contributed by atoms with Gasteiger partial charge in [-0.2, -0.15) is 0 Å². The molecule has 1 aliphatic heterocycles. The fourth-order valence-electron chi connectivity index (χ4n) is 2.27. The van der Waals surface area contributed by atoms with E-state index in [1.807, 2.05) is 6.92 Å². The lowest BCUT2D eigenvalue weighted by Gasteiger charge is -2.09. The molecule has 1 aliphatic rings. The molecular weight excluding hydrogens is 400 g/mol.